The highest BCUT2D eigenvalue weighted by atomic mass is 79.9. The molecule has 0 heterocycles. The number of para-hydroxylation sites is 1. The number of benzene rings is 2. The average molecular weight is 350 g/mol. The van der Waals surface area contributed by atoms with E-state index in [0.29, 0.717) is 17.0 Å². The minimum Gasteiger partial charge on any atom is -0.457 e. The van der Waals surface area contributed by atoms with E-state index in [4.69, 9.17) is 4.74 Å². The lowest BCUT2D eigenvalue weighted by Gasteiger charge is -2.15. The normalized spacial score (nSPS) is 10.7. The van der Waals surface area contributed by atoms with Gasteiger partial charge in [-0.2, -0.15) is 0 Å². The third-order valence-corrected chi connectivity index (χ3v) is 3.76. The van der Waals surface area contributed by atoms with E-state index in [-0.39, 0.29) is 5.69 Å². The Morgan fingerprint density at radius 1 is 1.19 bits per heavy atom. The van der Waals surface area contributed by atoms with Gasteiger partial charge in [0.15, 0.2) is 0 Å². The number of non-ortho nitro benzene ring substituents is 1. The third kappa shape index (κ3) is 3.61. The smallest absolute Gasteiger partial charge is 0.270 e. The summed E-state index contributed by atoms with van der Waals surface area (Å²) in [5.41, 5.74) is 1.92. The molecule has 0 aliphatic carbocycles. The van der Waals surface area contributed by atoms with Crippen molar-refractivity contribution >= 4 is 21.6 Å². The van der Waals surface area contributed by atoms with Crippen LogP contribution in [0.5, 0.6) is 11.5 Å². The number of nitrogens with zero attached hydrogens (tertiary/aromatic N) is 1. The van der Waals surface area contributed by atoms with Crippen LogP contribution in [-0.4, -0.2) is 4.92 Å². The highest BCUT2D eigenvalue weighted by Gasteiger charge is 2.14. The molecule has 0 aliphatic heterocycles. The van der Waals surface area contributed by atoms with Gasteiger partial charge >= 0.3 is 0 Å². The van der Waals surface area contributed by atoms with Crippen LogP contribution in [0.1, 0.15) is 30.9 Å². The van der Waals surface area contributed by atoms with Gasteiger partial charge in [-0.3, -0.25) is 10.1 Å². The van der Waals surface area contributed by atoms with Crippen molar-refractivity contribution in [2.24, 2.45) is 0 Å². The van der Waals surface area contributed by atoms with Crippen LogP contribution in [0, 0.1) is 10.1 Å². The number of alkyl halides is 1. The molecular weight excluding hydrogens is 334 g/mol. The number of nitro benzene ring substituents is 1. The first-order valence-corrected chi connectivity index (χ1v) is 7.75. The predicted molar refractivity (Wildman–Crippen MR) is 86.3 cm³/mol. The summed E-state index contributed by atoms with van der Waals surface area (Å²) in [5, 5.41) is 11.3. The Morgan fingerprint density at radius 2 is 1.90 bits per heavy atom. The minimum atomic E-state index is -0.405. The van der Waals surface area contributed by atoms with Crippen molar-refractivity contribution in [2.75, 3.05) is 0 Å². The molecule has 2 aromatic carbocycles. The molecule has 0 N–H and O–H groups in total. The standard InChI is InChI=1S/C16H16BrNO3/c1-11(2)14-5-3-4-6-16(14)21-15-8-7-13(18(19)20)9-12(15)10-17/h3-9,11H,10H2,1-2H3. The molecule has 0 spiro atoms. The maximum atomic E-state index is 10.8. The van der Waals surface area contributed by atoms with Crippen LogP contribution in [0.15, 0.2) is 42.5 Å². The molecule has 0 aliphatic rings. The summed E-state index contributed by atoms with van der Waals surface area (Å²) in [4.78, 5) is 10.4. The zero-order valence-corrected chi connectivity index (χ0v) is 13.5. The molecule has 0 bridgehead atoms. The molecule has 0 saturated heterocycles. The van der Waals surface area contributed by atoms with Crippen LogP contribution in [0.2, 0.25) is 0 Å². The number of hydrogen-bond acceptors (Lipinski definition) is 3. The van der Waals surface area contributed by atoms with E-state index in [1.54, 1.807) is 6.07 Å². The molecule has 0 unspecified atom stereocenters. The Kier molecular flexibility index (Phi) is 4.96. The van der Waals surface area contributed by atoms with E-state index >= 15 is 0 Å². The SMILES string of the molecule is CC(C)c1ccccc1Oc1ccc([N+](=O)[O-])cc1CBr. The van der Waals surface area contributed by atoms with Gasteiger partial charge in [0.05, 0.1) is 4.92 Å². The molecular formula is C16H16BrNO3. The molecule has 2 rings (SSSR count). The monoisotopic (exact) mass is 349 g/mol. The molecule has 5 heteroatoms. The van der Waals surface area contributed by atoms with E-state index in [0.717, 1.165) is 16.9 Å². The molecule has 21 heavy (non-hydrogen) atoms. The zero-order valence-electron chi connectivity index (χ0n) is 11.9. The summed E-state index contributed by atoms with van der Waals surface area (Å²) in [6.45, 7) is 4.20. The Labute approximate surface area is 132 Å². The molecule has 4 nitrogen and oxygen atoms in total. The Balaban J connectivity index is 2.38. The Bertz CT molecular complexity index is 656. The maximum absolute atomic E-state index is 10.8. The van der Waals surface area contributed by atoms with Crippen molar-refractivity contribution < 1.29 is 9.66 Å². The topological polar surface area (TPSA) is 52.4 Å². The first-order chi connectivity index (χ1) is 10.0. The molecule has 0 aromatic heterocycles. The Hall–Kier alpha value is -1.88. The second-order valence-corrected chi connectivity index (χ2v) is 5.54. The molecule has 0 saturated carbocycles. The summed E-state index contributed by atoms with van der Waals surface area (Å²) in [6, 6.07) is 12.5. The summed E-state index contributed by atoms with van der Waals surface area (Å²) in [6.07, 6.45) is 0. The summed E-state index contributed by atoms with van der Waals surface area (Å²) in [7, 11) is 0. The molecule has 0 amide bonds. The van der Waals surface area contributed by atoms with Crippen molar-refractivity contribution in [3.8, 4) is 11.5 Å². The van der Waals surface area contributed by atoms with Gasteiger partial charge in [-0.15, -0.1) is 0 Å². The molecule has 0 atom stereocenters. The van der Waals surface area contributed by atoms with Gasteiger partial charge < -0.3 is 4.74 Å². The van der Waals surface area contributed by atoms with E-state index in [1.807, 2.05) is 24.3 Å². The average Bonchev–Trinajstić information content (AvgIpc) is 2.47. The predicted octanol–water partition coefficient (Wildman–Crippen LogP) is 5.41. The number of rotatable bonds is 5. The van der Waals surface area contributed by atoms with Crippen LogP contribution >= 0.6 is 15.9 Å². The second kappa shape index (κ2) is 6.72. The second-order valence-electron chi connectivity index (χ2n) is 4.98. The van der Waals surface area contributed by atoms with Gasteiger partial charge in [0.2, 0.25) is 0 Å². The first-order valence-electron chi connectivity index (χ1n) is 6.63. The highest BCUT2D eigenvalue weighted by molar-refractivity contribution is 9.08. The van der Waals surface area contributed by atoms with Crippen molar-refractivity contribution in [1.29, 1.82) is 0 Å². The van der Waals surface area contributed by atoms with Crippen molar-refractivity contribution in [2.45, 2.75) is 25.1 Å². The van der Waals surface area contributed by atoms with E-state index in [9.17, 15) is 10.1 Å². The largest absolute Gasteiger partial charge is 0.457 e. The van der Waals surface area contributed by atoms with Crippen molar-refractivity contribution in [3.05, 3.63) is 63.7 Å². The minimum absolute atomic E-state index is 0.0638. The number of ether oxygens (including phenoxy) is 1. The van der Waals surface area contributed by atoms with Crippen LogP contribution in [0.3, 0.4) is 0 Å². The summed E-state index contributed by atoms with van der Waals surface area (Å²) in [5.74, 6) is 1.75. The van der Waals surface area contributed by atoms with Gasteiger partial charge in [-0.05, 0) is 23.6 Å². The van der Waals surface area contributed by atoms with Gasteiger partial charge in [0.25, 0.3) is 5.69 Å². The lowest BCUT2D eigenvalue weighted by atomic mass is 10.0. The molecule has 110 valence electrons. The zero-order chi connectivity index (χ0) is 15.4. The fraction of sp³-hybridized carbons (Fsp3) is 0.250. The molecule has 2 aromatic rings. The van der Waals surface area contributed by atoms with E-state index in [1.165, 1.54) is 12.1 Å². The maximum Gasteiger partial charge on any atom is 0.270 e. The third-order valence-electron chi connectivity index (χ3n) is 3.16. The molecule has 0 radical (unpaired) electrons. The van der Waals surface area contributed by atoms with Crippen molar-refractivity contribution in [1.82, 2.24) is 0 Å². The lowest BCUT2D eigenvalue weighted by molar-refractivity contribution is -0.384. The van der Waals surface area contributed by atoms with Crippen LogP contribution < -0.4 is 4.74 Å². The Morgan fingerprint density at radius 3 is 2.52 bits per heavy atom. The van der Waals surface area contributed by atoms with Crippen LogP contribution in [0.4, 0.5) is 5.69 Å². The fourth-order valence-electron chi connectivity index (χ4n) is 2.05. The number of nitro groups is 1. The number of halogens is 1. The van der Waals surface area contributed by atoms with Gasteiger partial charge in [0.1, 0.15) is 11.5 Å². The van der Waals surface area contributed by atoms with E-state index in [2.05, 4.69) is 29.8 Å². The van der Waals surface area contributed by atoms with Gasteiger partial charge in [-0.25, -0.2) is 0 Å². The van der Waals surface area contributed by atoms with Crippen molar-refractivity contribution in [3.63, 3.8) is 0 Å². The lowest BCUT2D eigenvalue weighted by Crippen LogP contribution is -1.97. The van der Waals surface area contributed by atoms with E-state index < -0.39 is 4.92 Å². The quantitative estimate of drug-likeness (QED) is 0.412. The number of hydrogen-bond donors (Lipinski definition) is 0. The van der Waals surface area contributed by atoms with Crippen LogP contribution in [0.25, 0.3) is 0 Å². The van der Waals surface area contributed by atoms with Crippen LogP contribution in [-0.2, 0) is 5.33 Å². The van der Waals surface area contributed by atoms with Gasteiger partial charge in [-0.1, -0.05) is 48.0 Å². The molecule has 0 fully saturated rings. The summed E-state index contributed by atoms with van der Waals surface area (Å²) < 4.78 is 5.97. The van der Waals surface area contributed by atoms with Gasteiger partial charge in [0, 0.05) is 23.0 Å². The highest BCUT2D eigenvalue weighted by Crippen LogP contribution is 2.34. The fourth-order valence-corrected chi connectivity index (χ4v) is 2.49. The summed E-state index contributed by atoms with van der Waals surface area (Å²) >= 11 is 3.35. The first kappa shape index (κ1) is 15.5.